The zero-order chi connectivity index (χ0) is 16.6. The number of fused-ring (bicyclic) bond motifs is 1. The lowest BCUT2D eigenvalue weighted by atomic mass is 10.3. The number of rotatable bonds is 3. The molecule has 124 valence electrons. The molecule has 9 heteroatoms. The lowest BCUT2D eigenvalue weighted by Gasteiger charge is -2.18. The molecule has 23 heavy (non-hydrogen) atoms. The Balaban J connectivity index is 1.81. The van der Waals surface area contributed by atoms with Crippen LogP contribution in [0.1, 0.15) is 11.4 Å². The van der Waals surface area contributed by atoms with Crippen molar-refractivity contribution in [2.24, 2.45) is 7.05 Å². The zero-order valence-electron chi connectivity index (χ0n) is 12.1. The van der Waals surface area contributed by atoms with E-state index in [2.05, 4.69) is 5.10 Å². The van der Waals surface area contributed by atoms with E-state index in [1.807, 2.05) is 0 Å². The van der Waals surface area contributed by atoms with Gasteiger partial charge in [0.05, 0.1) is 22.2 Å². The van der Waals surface area contributed by atoms with Crippen LogP contribution in [0.3, 0.4) is 0 Å². The molecule has 1 unspecified atom stereocenters. The number of benzene rings is 1. The van der Waals surface area contributed by atoms with Crippen LogP contribution >= 0.6 is 0 Å². The van der Waals surface area contributed by atoms with E-state index in [1.54, 1.807) is 18.2 Å². The van der Waals surface area contributed by atoms with E-state index in [1.165, 1.54) is 7.05 Å². The van der Waals surface area contributed by atoms with Gasteiger partial charge in [0.25, 0.3) is 0 Å². The fourth-order valence-corrected chi connectivity index (χ4v) is 3.33. The van der Waals surface area contributed by atoms with E-state index in [-0.39, 0.29) is 11.4 Å². The summed E-state index contributed by atoms with van der Waals surface area (Å²) in [5, 5.41) is 3.41. The van der Waals surface area contributed by atoms with Crippen molar-refractivity contribution in [2.45, 2.75) is 16.8 Å². The fraction of sp³-hybridized carbons (Fsp3) is 0.357. The average molecular weight is 346 g/mol. The Kier molecular flexibility index (Phi) is 4.05. The van der Waals surface area contributed by atoms with E-state index < -0.39 is 22.7 Å². The summed E-state index contributed by atoms with van der Waals surface area (Å²) in [4.78, 5) is 0.462. The predicted molar refractivity (Wildman–Crippen MR) is 75.8 cm³/mol. The first-order chi connectivity index (χ1) is 10.8. The van der Waals surface area contributed by atoms with E-state index in [9.17, 15) is 17.4 Å². The van der Waals surface area contributed by atoms with Gasteiger partial charge < -0.3 is 9.47 Å². The number of halogens is 3. The first-order valence-electron chi connectivity index (χ1n) is 6.73. The third kappa shape index (κ3) is 3.34. The van der Waals surface area contributed by atoms with Gasteiger partial charge in [-0.25, -0.2) is 0 Å². The van der Waals surface area contributed by atoms with Crippen LogP contribution in [0.25, 0.3) is 0 Å². The van der Waals surface area contributed by atoms with Crippen LogP contribution in [-0.2, 0) is 29.8 Å². The van der Waals surface area contributed by atoms with Crippen molar-refractivity contribution in [2.75, 3.05) is 13.2 Å². The van der Waals surface area contributed by atoms with Gasteiger partial charge in [-0.3, -0.25) is 8.89 Å². The number of aromatic nitrogens is 2. The van der Waals surface area contributed by atoms with Gasteiger partial charge in [0.2, 0.25) is 0 Å². The van der Waals surface area contributed by atoms with Gasteiger partial charge in [0.1, 0.15) is 13.2 Å². The van der Waals surface area contributed by atoms with Gasteiger partial charge in [-0.2, -0.15) is 18.3 Å². The number of nitrogens with zero attached hydrogens (tertiary/aromatic N) is 2. The number of aryl methyl sites for hydroxylation is 1. The molecule has 0 N–H and O–H groups in total. The van der Waals surface area contributed by atoms with Gasteiger partial charge in [0, 0.05) is 18.0 Å². The van der Waals surface area contributed by atoms with Crippen molar-refractivity contribution in [3.05, 3.63) is 35.7 Å². The summed E-state index contributed by atoms with van der Waals surface area (Å²) in [7, 11) is -0.125. The highest BCUT2D eigenvalue weighted by Crippen LogP contribution is 2.33. The van der Waals surface area contributed by atoms with E-state index in [4.69, 9.17) is 9.47 Å². The largest absolute Gasteiger partial charge is 0.486 e. The monoisotopic (exact) mass is 346 g/mol. The molecule has 1 atom stereocenters. The maximum Gasteiger partial charge on any atom is 0.435 e. The van der Waals surface area contributed by atoms with Crippen molar-refractivity contribution in [1.82, 2.24) is 9.78 Å². The number of alkyl halides is 3. The highest BCUT2D eigenvalue weighted by atomic mass is 32.2. The van der Waals surface area contributed by atoms with Crippen LogP contribution < -0.4 is 9.47 Å². The van der Waals surface area contributed by atoms with Crippen LogP contribution in [0, 0.1) is 0 Å². The zero-order valence-corrected chi connectivity index (χ0v) is 12.9. The third-order valence-corrected chi connectivity index (χ3v) is 4.66. The van der Waals surface area contributed by atoms with Crippen LogP contribution in [0.5, 0.6) is 11.5 Å². The molecular formula is C14H13F3N2O3S. The molecule has 0 bridgehead atoms. The first-order valence-corrected chi connectivity index (χ1v) is 8.04. The lowest BCUT2D eigenvalue weighted by Crippen LogP contribution is -2.15. The summed E-state index contributed by atoms with van der Waals surface area (Å²) < 4.78 is 62.2. The van der Waals surface area contributed by atoms with Crippen molar-refractivity contribution in [3.8, 4) is 11.5 Å². The minimum Gasteiger partial charge on any atom is -0.486 e. The Bertz CT molecular complexity index is 758. The van der Waals surface area contributed by atoms with Crippen LogP contribution in [0.15, 0.2) is 29.2 Å². The third-order valence-electron chi connectivity index (χ3n) is 3.32. The lowest BCUT2D eigenvalue weighted by molar-refractivity contribution is -0.141. The fourth-order valence-electron chi connectivity index (χ4n) is 2.16. The van der Waals surface area contributed by atoms with Crippen molar-refractivity contribution in [1.29, 1.82) is 0 Å². The van der Waals surface area contributed by atoms with Crippen LogP contribution in [0.4, 0.5) is 13.2 Å². The van der Waals surface area contributed by atoms with Crippen molar-refractivity contribution in [3.63, 3.8) is 0 Å². The Morgan fingerprint density at radius 2 is 1.91 bits per heavy atom. The molecular weight excluding hydrogens is 333 g/mol. The standard InChI is InChI=1S/C14H13F3N2O3S/c1-19-9(6-13(18-19)14(15,16)17)8-23(20)10-2-3-11-12(7-10)22-5-4-21-11/h2-3,6-7H,4-5,8H2,1H3. The summed E-state index contributed by atoms with van der Waals surface area (Å²) >= 11 is 0. The summed E-state index contributed by atoms with van der Waals surface area (Å²) in [6.07, 6.45) is -4.52. The SMILES string of the molecule is Cn1nc(C(F)(F)F)cc1CS(=O)c1ccc2c(c1)OCCO2. The second-order valence-corrected chi connectivity index (χ2v) is 6.39. The summed E-state index contributed by atoms with van der Waals surface area (Å²) in [6.45, 7) is 0.852. The van der Waals surface area contributed by atoms with E-state index in [0.29, 0.717) is 29.6 Å². The normalized spacial score (nSPS) is 15.5. The molecule has 0 amide bonds. The topological polar surface area (TPSA) is 53.4 Å². The predicted octanol–water partition coefficient (Wildman–Crippen LogP) is 2.52. The molecule has 2 aromatic rings. The molecule has 5 nitrogen and oxygen atoms in total. The second kappa shape index (κ2) is 5.88. The van der Waals surface area contributed by atoms with Crippen LogP contribution in [0.2, 0.25) is 0 Å². The molecule has 1 aromatic heterocycles. The smallest absolute Gasteiger partial charge is 0.435 e. The van der Waals surface area contributed by atoms with Crippen molar-refractivity contribution >= 4 is 10.8 Å². The molecule has 0 fully saturated rings. The van der Waals surface area contributed by atoms with Gasteiger partial charge in [-0.15, -0.1) is 0 Å². The summed E-state index contributed by atoms with van der Waals surface area (Å²) in [5.74, 6) is 0.985. The van der Waals surface area contributed by atoms with Crippen LogP contribution in [-0.4, -0.2) is 27.2 Å². The molecule has 0 saturated heterocycles. The molecule has 0 aliphatic carbocycles. The molecule has 1 aliphatic rings. The quantitative estimate of drug-likeness (QED) is 0.857. The molecule has 2 heterocycles. The second-order valence-electron chi connectivity index (χ2n) is 4.94. The molecule has 1 aliphatic heterocycles. The Morgan fingerprint density at radius 3 is 2.57 bits per heavy atom. The summed E-state index contributed by atoms with van der Waals surface area (Å²) in [5.41, 5.74) is -0.750. The molecule has 1 aromatic carbocycles. The minimum absolute atomic E-state index is 0.0702. The molecule has 0 saturated carbocycles. The minimum atomic E-state index is -4.52. The van der Waals surface area contributed by atoms with Gasteiger partial charge in [0.15, 0.2) is 17.2 Å². The average Bonchev–Trinajstić information content (AvgIpc) is 2.88. The Morgan fingerprint density at radius 1 is 1.22 bits per heavy atom. The number of hydrogen-bond acceptors (Lipinski definition) is 4. The highest BCUT2D eigenvalue weighted by Gasteiger charge is 2.34. The molecule has 3 rings (SSSR count). The first kappa shape index (κ1) is 15.9. The summed E-state index contributed by atoms with van der Waals surface area (Å²) in [6, 6.07) is 5.76. The Labute approximate surface area is 132 Å². The van der Waals surface area contributed by atoms with E-state index in [0.717, 1.165) is 10.7 Å². The van der Waals surface area contributed by atoms with Gasteiger partial charge in [-0.1, -0.05) is 0 Å². The van der Waals surface area contributed by atoms with Gasteiger partial charge >= 0.3 is 6.18 Å². The number of ether oxygens (including phenoxy) is 2. The van der Waals surface area contributed by atoms with E-state index >= 15 is 0 Å². The number of hydrogen-bond donors (Lipinski definition) is 0. The Hall–Kier alpha value is -2.03. The van der Waals surface area contributed by atoms with Crippen molar-refractivity contribution < 1.29 is 26.9 Å². The maximum atomic E-state index is 12.6. The molecule has 0 radical (unpaired) electrons. The highest BCUT2D eigenvalue weighted by molar-refractivity contribution is 7.84. The molecule has 0 spiro atoms. The maximum absolute atomic E-state index is 12.6. The van der Waals surface area contributed by atoms with Gasteiger partial charge in [-0.05, 0) is 18.2 Å².